The number of hydrogen-bond acceptors (Lipinski definition) is 8. The largest absolute Gasteiger partial charge is 0.478 e. The van der Waals surface area contributed by atoms with E-state index in [1.807, 2.05) is 0 Å². The molecule has 4 N–H and O–H groups in total. The van der Waals surface area contributed by atoms with E-state index in [1.165, 1.54) is 44.6 Å². The smallest absolute Gasteiger partial charge is 0.469 e. The first-order chi connectivity index (χ1) is 21.5. The molecule has 0 aliphatic rings. The lowest BCUT2D eigenvalue weighted by molar-refractivity contribution is -0.161. The van der Waals surface area contributed by atoms with E-state index in [9.17, 15) is 24.1 Å². The van der Waals surface area contributed by atoms with Gasteiger partial charge in [0, 0.05) is 18.9 Å². The normalized spacial score (nSPS) is 13.3. The Kier molecular flexibility index (Phi) is 28.0. The molecule has 0 bridgehead atoms. The zero-order valence-electron chi connectivity index (χ0n) is 27.3. The lowest BCUT2D eigenvalue weighted by Crippen LogP contribution is -2.29. The number of aliphatic hydroxyl groups excluding tert-OH is 1. The van der Waals surface area contributed by atoms with Crippen molar-refractivity contribution in [1.82, 2.24) is 0 Å². The molecule has 0 rings (SSSR count). The van der Waals surface area contributed by atoms with E-state index < -0.39 is 44.5 Å². The second-order valence-electron chi connectivity index (χ2n) is 11.5. The molecule has 0 saturated carbocycles. The zero-order valence-corrected chi connectivity index (χ0v) is 28.2. The molecule has 0 spiro atoms. The summed E-state index contributed by atoms with van der Waals surface area (Å²) < 4.78 is 26.0. The number of esters is 2. The average Bonchev–Trinajstić information content (AvgIpc) is 2.98. The molecule has 45 heavy (non-hydrogen) atoms. The van der Waals surface area contributed by atoms with E-state index in [2.05, 4.69) is 23.6 Å². The SMILES string of the molecule is CCCCCCCC/C=C\CCCCCCCC(=O)OC[C@H](COP(=O)(O)O)OC(=O)CCCCCCCC(O)/C=C/C(=O)O. The molecule has 262 valence electrons. The van der Waals surface area contributed by atoms with Gasteiger partial charge in [0.1, 0.15) is 6.61 Å². The van der Waals surface area contributed by atoms with Gasteiger partial charge in [0.15, 0.2) is 6.10 Å². The number of phosphoric ester groups is 1. The maximum Gasteiger partial charge on any atom is 0.469 e. The second-order valence-corrected chi connectivity index (χ2v) is 12.7. The third kappa shape index (κ3) is 33.1. The van der Waals surface area contributed by atoms with Crippen LogP contribution in [-0.2, 0) is 32.9 Å². The Morgan fingerprint density at radius 1 is 0.711 bits per heavy atom. The van der Waals surface area contributed by atoms with Gasteiger partial charge in [0.25, 0.3) is 0 Å². The van der Waals surface area contributed by atoms with Crippen LogP contribution < -0.4 is 0 Å². The van der Waals surface area contributed by atoms with Gasteiger partial charge in [-0.1, -0.05) is 96.1 Å². The van der Waals surface area contributed by atoms with Crippen LogP contribution in [0.25, 0.3) is 0 Å². The summed E-state index contributed by atoms with van der Waals surface area (Å²) in [5.41, 5.74) is 0. The molecule has 0 aliphatic heterocycles. The third-order valence-corrected chi connectivity index (χ3v) is 7.63. The molecule has 0 aromatic rings. The highest BCUT2D eigenvalue weighted by atomic mass is 31.2. The van der Waals surface area contributed by atoms with E-state index in [0.29, 0.717) is 25.7 Å². The molecule has 0 aromatic heterocycles. The van der Waals surface area contributed by atoms with Gasteiger partial charge in [0.05, 0.1) is 12.7 Å². The highest BCUT2D eigenvalue weighted by molar-refractivity contribution is 7.46. The molecule has 0 heterocycles. The second kappa shape index (κ2) is 29.4. The molecule has 0 saturated heterocycles. The van der Waals surface area contributed by atoms with E-state index in [1.54, 1.807) is 0 Å². The van der Waals surface area contributed by atoms with Crippen molar-refractivity contribution in [3.63, 3.8) is 0 Å². The van der Waals surface area contributed by atoms with Crippen LogP contribution in [0, 0.1) is 0 Å². The molecule has 1 unspecified atom stereocenters. The van der Waals surface area contributed by atoms with E-state index in [4.69, 9.17) is 24.4 Å². The quantitative estimate of drug-likeness (QED) is 0.0192. The van der Waals surface area contributed by atoms with Crippen molar-refractivity contribution < 1.29 is 52.9 Å². The Hall–Kier alpha value is -2.04. The number of rotatable bonds is 31. The van der Waals surface area contributed by atoms with Crippen molar-refractivity contribution in [2.45, 2.75) is 154 Å². The first kappa shape index (κ1) is 43.0. The van der Waals surface area contributed by atoms with Crippen LogP contribution in [0.4, 0.5) is 0 Å². The Balaban J connectivity index is 4.06. The Morgan fingerprint density at radius 2 is 1.22 bits per heavy atom. The van der Waals surface area contributed by atoms with Gasteiger partial charge in [0.2, 0.25) is 0 Å². The molecular weight excluding hydrogens is 603 g/mol. The van der Waals surface area contributed by atoms with Crippen molar-refractivity contribution in [2.24, 2.45) is 0 Å². The third-order valence-electron chi connectivity index (χ3n) is 7.14. The van der Waals surface area contributed by atoms with Crippen molar-refractivity contribution in [3.05, 3.63) is 24.3 Å². The minimum atomic E-state index is -4.80. The van der Waals surface area contributed by atoms with Gasteiger partial charge in [-0.25, -0.2) is 9.36 Å². The number of carboxylic acid groups (broad SMARTS) is 1. The minimum Gasteiger partial charge on any atom is -0.478 e. The summed E-state index contributed by atoms with van der Waals surface area (Å²) >= 11 is 0. The lowest BCUT2D eigenvalue weighted by Gasteiger charge is -2.18. The number of allylic oxidation sites excluding steroid dienone is 2. The molecule has 0 radical (unpaired) electrons. The summed E-state index contributed by atoms with van der Waals surface area (Å²) in [6.45, 7) is 1.28. The van der Waals surface area contributed by atoms with Gasteiger partial charge in [-0.05, 0) is 51.0 Å². The molecule has 12 heteroatoms. The predicted molar refractivity (Wildman–Crippen MR) is 173 cm³/mol. The fraction of sp³-hybridized carbons (Fsp3) is 0.788. The van der Waals surface area contributed by atoms with Gasteiger partial charge in [-0.15, -0.1) is 0 Å². The van der Waals surface area contributed by atoms with Crippen LogP contribution in [0.5, 0.6) is 0 Å². The Bertz CT molecular complexity index is 869. The van der Waals surface area contributed by atoms with Crippen molar-refractivity contribution in [1.29, 1.82) is 0 Å². The van der Waals surface area contributed by atoms with Crippen molar-refractivity contribution in [3.8, 4) is 0 Å². The van der Waals surface area contributed by atoms with Crippen LogP contribution in [0.3, 0.4) is 0 Å². The number of hydrogen-bond donors (Lipinski definition) is 4. The van der Waals surface area contributed by atoms with Gasteiger partial charge in [-0.2, -0.15) is 0 Å². The monoisotopic (exact) mass is 662 g/mol. The summed E-state index contributed by atoms with van der Waals surface area (Å²) in [5.74, 6) is -2.16. The number of carbonyl (C=O) groups excluding carboxylic acids is 2. The van der Waals surface area contributed by atoms with E-state index in [-0.39, 0.29) is 19.4 Å². The van der Waals surface area contributed by atoms with E-state index in [0.717, 1.165) is 63.9 Å². The summed E-state index contributed by atoms with van der Waals surface area (Å²) in [6, 6.07) is 0. The topological polar surface area (TPSA) is 177 Å². The molecular formula is C33H59O11P. The number of aliphatic carboxylic acids is 1. The summed E-state index contributed by atoms with van der Waals surface area (Å²) in [4.78, 5) is 52.9. The van der Waals surface area contributed by atoms with Crippen molar-refractivity contribution in [2.75, 3.05) is 13.2 Å². The molecule has 11 nitrogen and oxygen atoms in total. The van der Waals surface area contributed by atoms with Crippen LogP contribution >= 0.6 is 7.82 Å². The highest BCUT2D eigenvalue weighted by Gasteiger charge is 2.22. The summed E-state index contributed by atoms with van der Waals surface area (Å²) in [7, 11) is -4.80. The fourth-order valence-corrected chi connectivity index (χ4v) is 4.94. The average molecular weight is 663 g/mol. The number of unbranched alkanes of at least 4 members (excludes halogenated alkanes) is 15. The number of aliphatic hydroxyl groups is 1. The molecule has 0 aromatic carbocycles. The standard InChI is InChI=1S/C33H59O11P/c1-2-3-4-5-6-7-8-9-10-11-12-13-14-17-20-23-32(37)42-27-30(28-43-45(39,40)41)44-33(38)24-21-18-15-16-19-22-29(34)25-26-31(35)36/h9-10,25-26,29-30,34H,2-8,11-24,27-28H2,1H3,(H,35,36)(H2,39,40,41)/b10-9-,26-25+/t29?,30-/m1/s1. The predicted octanol–water partition coefficient (Wildman–Crippen LogP) is 7.32. The highest BCUT2D eigenvalue weighted by Crippen LogP contribution is 2.36. The number of ether oxygens (including phenoxy) is 2. The first-order valence-corrected chi connectivity index (χ1v) is 18.4. The van der Waals surface area contributed by atoms with Crippen LogP contribution in [-0.4, -0.2) is 63.3 Å². The molecule has 2 atom stereocenters. The summed E-state index contributed by atoms with van der Waals surface area (Å²) in [5, 5.41) is 18.2. The maximum atomic E-state index is 12.3. The number of phosphoric acid groups is 1. The van der Waals surface area contributed by atoms with Gasteiger partial charge in [-0.3, -0.25) is 14.1 Å². The van der Waals surface area contributed by atoms with Crippen LogP contribution in [0.15, 0.2) is 24.3 Å². The first-order valence-electron chi connectivity index (χ1n) is 16.8. The Labute approximate surface area is 270 Å². The lowest BCUT2D eigenvalue weighted by atomic mass is 10.1. The van der Waals surface area contributed by atoms with Crippen LogP contribution in [0.1, 0.15) is 142 Å². The number of carbonyl (C=O) groups is 3. The Morgan fingerprint density at radius 3 is 1.78 bits per heavy atom. The van der Waals surface area contributed by atoms with Gasteiger partial charge < -0.3 is 29.5 Å². The van der Waals surface area contributed by atoms with Gasteiger partial charge >= 0.3 is 25.7 Å². The summed E-state index contributed by atoms with van der Waals surface area (Å²) in [6.07, 6.45) is 24.0. The molecule has 0 amide bonds. The molecule has 0 aliphatic carbocycles. The maximum absolute atomic E-state index is 12.3. The fourth-order valence-electron chi connectivity index (χ4n) is 4.58. The number of carboxylic acids is 1. The molecule has 0 fully saturated rings. The van der Waals surface area contributed by atoms with Crippen molar-refractivity contribution >= 4 is 25.7 Å². The van der Waals surface area contributed by atoms with Crippen LogP contribution in [0.2, 0.25) is 0 Å². The minimum absolute atomic E-state index is 0.0826. The van der Waals surface area contributed by atoms with E-state index >= 15 is 0 Å². The zero-order chi connectivity index (χ0) is 33.6.